The maximum atomic E-state index is 12.6. The molecule has 0 spiro atoms. The predicted octanol–water partition coefficient (Wildman–Crippen LogP) is 3.51. The van der Waals surface area contributed by atoms with E-state index in [-0.39, 0.29) is 23.9 Å². The van der Waals surface area contributed by atoms with Crippen LogP contribution >= 0.6 is 0 Å². The normalized spacial score (nSPS) is 16.5. The number of benzene rings is 2. The van der Waals surface area contributed by atoms with Crippen LogP contribution in [0.3, 0.4) is 0 Å². The number of nitrogens with one attached hydrogen (secondary N) is 1. The Balaban J connectivity index is 1.75. The first kappa shape index (κ1) is 18.6. The van der Waals surface area contributed by atoms with Gasteiger partial charge in [0.25, 0.3) is 5.69 Å². The fourth-order valence-electron chi connectivity index (χ4n) is 3.25. The van der Waals surface area contributed by atoms with Gasteiger partial charge in [-0.3, -0.25) is 19.7 Å². The smallest absolute Gasteiger partial charge is 0.274 e. The van der Waals surface area contributed by atoms with Crippen molar-refractivity contribution >= 4 is 28.9 Å². The van der Waals surface area contributed by atoms with Crippen LogP contribution in [0.5, 0.6) is 0 Å². The zero-order chi connectivity index (χ0) is 19.7. The molecule has 2 amide bonds. The number of hydrogen-bond donors (Lipinski definition) is 1. The number of nitro groups is 1. The highest BCUT2D eigenvalue weighted by molar-refractivity contribution is 6.04. The fraction of sp³-hybridized carbons (Fsp3) is 0.300. The van der Waals surface area contributed by atoms with Crippen LogP contribution in [-0.4, -0.2) is 23.3 Å². The molecule has 1 saturated heterocycles. The van der Waals surface area contributed by atoms with E-state index in [1.165, 1.54) is 6.07 Å². The van der Waals surface area contributed by atoms with Crippen molar-refractivity contribution < 1.29 is 14.5 Å². The molecule has 1 aliphatic heterocycles. The van der Waals surface area contributed by atoms with Crippen molar-refractivity contribution in [1.29, 1.82) is 0 Å². The molecule has 2 aromatic rings. The number of hydrogen-bond acceptors (Lipinski definition) is 4. The molecule has 1 aliphatic rings. The topological polar surface area (TPSA) is 92.6 Å². The molecule has 0 aliphatic carbocycles. The zero-order valence-corrected chi connectivity index (χ0v) is 15.5. The van der Waals surface area contributed by atoms with Gasteiger partial charge in [0, 0.05) is 36.0 Å². The Bertz CT molecular complexity index is 939. The molecule has 7 nitrogen and oxygen atoms in total. The van der Waals surface area contributed by atoms with E-state index in [4.69, 9.17) is 0 Å². The Morgan fingerprint density at radius 1 is 1.15 bits per heavy atom. The van der Waals surface area contributed by atoms with Crippen LogP contribution in [0.25, 0.3) is 0 Å². The third-order valence-electron chi connectivity index (χ3n) is 4.82. The van der Waals surface area contributed by atoms with E-state index in [1.54, 1.807) is 24.0 Å². The first-order valence-corrected chi connectivity index (χ1v) is 8.70. The SMILES string of the molecule is Cc1ccc(C)c(N2C[C@H](C(=O)Nc3ccc(C)c([N+](=O)[O-])c3)CC2=O)c1. The monoisotopic (exact) mass is 367 g/mol. The lowest BCUT2D eigenvalue weighted by molar-refractivity contribution is -0.385. The Labute approximate surface area is 157 Å². The van der Waals surface area contributed by atoms with Gasteiger partial charge >= 0.3 is 0 Å². The number of aryl methyl sites for hydroxylation is 3. The van der Waals surface area contributed by atoms with Crippen LogP contribution in [0.1, 0.15) is 23.1 Å². The van der Waals surface area contributed by atoms with Crippen molar-refractivity contribution in [1.82, 2.24) is 0 Å². The lowest BCUT2D eigenvalue weighted by atomic mass is 10.1. The van der Waals surface area contributed by atoms with Crippen molar-refractivity contribution in [2.45, 2.75) is 27.2 Å². The van der Waals surface area contributed by atoms with Gasteiger partial charge in [0.05, 0.1) is 10.8 Å². The Morgan fingerprint density at radius 3 is 2.56 bits per heavy atom. The molecule has 140 valence electrons. The Morgan fingerprint density at radius 2 is 1.85 bits per heavy atom. The molecule has 0 unspecified atom stereocenters. The molecular weight excluding hydrogens is 346 g/mol. The zero-order valence-electron chi connectivity index (χ0n) is 15.5. The second kappa shape index (κ2) is 7.19. The number of nitro benzene ring substituents is 1. The standard InChI is InChI=1S/C20H21N3O4/c1-12-4-5-13(2)17(8-12)22-11-15(9-19(22)24)20(25)21-16-7-6-14(3)18(10-16)23(26)27/h4-8,10,15H,9,11H2,1-3H3,(H,21,25)/t15-/m1/s1. The summed E-state index contributed by atoms with van der Waals surface area (Å²) in [5, 5.41) is 13.8. The van der Waals surface area contributed by atoms with Crippen molar-refractivity contribution in [3.8, 4) is 0 Å². The van der Waals surface area contributed by atoms with E-state index in [9.17, 15) is 19.7 Å². The highest BCUT2D eigenvalue weighted by Crippen LogP contribution is 2.30. The second-order valence-electron chi connectivity index (χ2n) is 6.94. The van der Waals surface area contributed by atoms with Gasteiger partial charge in [0.2, 0.25) is 11.8 Å². The minimum atomic E-state index is -0.502. The van der Waals surface area contributed by atoms with Gasteiger partial charge in [-0.2, -0.15) is 0 Å². The van der Waals surface area contributed by atoms with E-state index >= 15 is 0 Å². The minimum absolute atomic E-state index is 0.0488. The van der Waals surface area contributed by atoms with Crippen LogP contribution in [0.15, 0.2) is 36.4 Å². The predicted molar refractivity (Wildman–Crippen MR) is 103 cm³/mol. The van der Waals surface area contributed by atoms with E-state index in [0.29, 0.717) is 17.8 Å². The van der Waals surface area contributed by atoms with Gasteiger partial charge in [-0.15, -0.1) is 0 Å². The van der Waals surface area contributed by atoms with E-state index in [0.717, 1.165) is 16.8 Å². The molecule has 0 bridgehead atoms. The number of carbonyl (C=O) groups is 2. The average molecular weight is 367 g/mol. The quantitative estimate of drug-likeness (QED) is 0.661. The summed E-state index contributed by atoms with van der Waals surface area (Å²) in [6, 6.07) is 10.4. The largest absolute Gasteiger partial charge is 0.326 e. The summed E-state index contributed by atoms with van der Waals surface area (Å²) in [4.78, 5) is 37.3. The van der Waals surface area contributed by atoms with Crippen molar-refractivity contribution in [2.75, 3.05) is 16.8 Å². The molecule has 7 heteroatoms. The molecule has 27 heavy (non-hydrogen) atoms. The van der Waals surface area contributed by atoms with Crippen molar-refractivity contribution in [3.63, 3.8) is 0 Å². The summed E-state index contributed by atoms with van der Waals surface area (Å²) in [5.41, 5.74) is 3.67. The number of amides is 2. The van der Waals surface area contributed by atoms with Gasteiger partial charge in [-0.25, -0.2) is 0 Å². The highest BCUT2D eigenvalue weighted by Gasteiger charge is 2.35. The molecule has 1 atom stereocenters. The van der Waals surface area contributed by atoms with E-state index in [1.807, 2.05) is 32.0 Å². The van der Waals surface area contributed by atoms with Gasteiger partial charge in [0.1, 0.15) is 0 Å². The third-order valence-corrected chi connectivity index (χ3v) is 4.82. The van der Waals surface area contributed by atoms with E-state index < -0.39 is 10.8 Å². The molecule has 1 fully saturated rings. The van der Waals surface area contributed by atoms with Crippen molar-refractivity contribution in [2.24, 2.45) is 5.92 Å². The summed E-state index contributed by atoms with van der Waals surface area (Å²) >= 11 is 0. The first-order valence-electron chi connectivity index (χ1n) is 8.70. The molecule has 1 N–H and O–H groups in total. The summed E-state index contributed by atoms with van der Waals surface area (Å²) in [6.45, 7) is 5.82. The molecule has 0 aromatic heterocycles. The fourth-order valence-corrected chi connectivity index (χ4v) is 3.25. The molecule has 1 heterocycles. The maximum absolute atomic E-state index is 12.6. The Hall–Kier alpha value is -3.22. The minimum Gasteiger partial charge on any atom is -0.326 e. The number of carbonyl (C=O) groups excluding carboxylic acids is 2. The number of anilines is 2. The summed E-state index contributed by atoms with van der Waals surface area (Å²) in [6.07, 6.45) is 0.118. The molecule has 0 radical (unpaired) electrons. The highest BCUT2D eigenvalue weighted by atomic mass is 16.6. The van der Waals surface area contributed by atoms with Gasteiger partial charge < -0.3 is 10.2 Å². The molecule has 0 saturated carbocycles. The Kier molecular flexibility index (Phi) is 4.94. The summed E-state index contributed by atoms with van der Waals surface area (Å²) in [5.74, 6) is -0.911. The average Bonchev–Trinajstić information content (AvgIpc) is 3.00. The van der Waals surface area contributed by atoms with E-state index in [2.05, 4.69) is 5.32 Å². The maximum Gasteiger partial charge on any atom is 0.274 e. The van der Waals surface area contributed by atoms with Gasteiger partial charge in [-0.1, -0.05) is 18.2 Å². The second-order valence-corrected chi connectivity index (χ2v) is 6.94. The summed E-state index contributed by atoms with van der Waals surface area (Å²) < 4.78 is 0. The van der Waals surface area contributed by atoms with Crippen LogP contribution in [0.4, 0.5) is 17.1 Å². The van der Waals surface area contributed by atoms with Crippen LogP contribution < -0.4 is 10.2 Å². The molecule has 3 rings (SSSR count). The molecule has 2 aromatic carbocycles. The van der Waals surface area contributed by atoms with Crippen LogP contribution in [-0.2, 0) is 9.59 Å². The van der Waals surface area contributed by atoms with Crippen LogP contribution in [0.2, 0.25) is 0 Å². The van der Waals surface area contributed by atoms with Gasteiger partial charge in [-0.05, 0) is 44.0 Å². The lowest BCUT2D eigenvalue weighted by Crippen LogP contribution is -2.28. The number of rotatable bonds is 4. The number of nitrogens with zero attached hydrogens (tertiary/aromatic N) is 2. The lowest BCUT2D eigenvalue weighted by Gasteiger charge is -2.19. The van der Waals surface area contributed by atoms with Gasteiger partial charge in [0.15, 0.2) is 0 Å². The first-order chi connectivity index (χ1) is 12.8. The van der Waals surface area contributed by atoms with Crippen LogP contribution in [0, 0.1) is 36.8 Å². The van der Waals surface area contributed by atoms with Crippen molar-refractivity contribution in [3.05, 3.63) is 63.2 Å². The third kappa shape index (κ3) is 3.81. The molecular formula is C20H21N3O4. The summed E-state index contributed by atoms with van der Waals surface area (Å²) in [7, 11) is 0.